The minimum atomic E-state index is -2.94. The monoisotopic (exact) mass is 272 g/mol. The molecule has 1 atom stereocenters. The second-order valence-electron chi connectivity index (χ2n) is 5.07. The molecule has 1 unspecified atom stereocenters. The van der Waals surface area contributed by atoms with E-state index in [2.05, 4.69) is 5.32 Å². The van der Waals surface area contributed by atoms with Crippen molar-refractivity contribution in [1.82, 2.24) is 5.32 Å². The van der Waals surface area contributed by atoms with Crippen LogP contribution in [0.3, 0.4) is 0 Å². The Balaban J connectivity index is 2.06. The van der Waals surface area contributed by atoms with Crippen molar-refractivity contribution in [3.05, 3.63) is 29.6 Å². The first kappa shape index (κ1) is 13.3. The summed E-state index contributed by atoms with van der Waals surface area (Å²) in [7, 11) is -2.94. The molecule has 0 bridgehead atoms. The van der Waals surface area contributed by atoms with Gasteiger partial charge in [0, 0.05) is 12.1 Å². The van der Waals surface area contributed by atoms with Gasteiger partial charge in [0.05, 0.1) is 17.2 Å². The standard InChI is InChI=1S/C12H17FN2O2S/c1-12(5-6-18(16,17)8-12)15-7-9-3-2-4-10(13)11(9)14/h2-4,15H,5-8,14H2,1H3. The molecule has 0 aliphatic carbocycles. The van der Waals surface area contributed by atoms with E-state index in [-0.39, 0.29) is 17.2 Å². The number of nitrogens with one attached hydrogen (secondary N) is 1. The minimum absolute atomic E-state index is 0.120. The first-order chi connectivity index (χ1) is 8.31. The summed E-state index contributed by atoms with van der Waals surface area (Å²) in [4.78, 5) is 0. The molecule has 0 aromatic heterocycles. The van der Waals surface area contributed by atoms with Gasteiger partial charge >= 0.3 is 0 Å². The van der Waals surface area contributed by atoms with Gasteiger partial charge in [-0.25, -0.2) is 12.8 Å². The van der Waals surface area contributed by atoms with Gasteiger partial charge in [-0.3, -0.25) is 0 Å². The Bertz CT molecular complexity index is 559. The number of sulfone groups is 1. The third-order valence-electron chi connectivity index (χ3n) is 3.35. The molecule has 0 radical (unpaired) electrons. The van der Waals surface area contributed by atoms with E-state index in [1.54, 1.807) is 12.1 Å². The average molecular weight is 272 g/mol. The Kier molecular flexibility index (Phi) is 3.33. The van der Waals surface area contributed by atoms with E-state index in [1.807, 2.05) is 6.92 Å². The van der Waals surface area contributed by atoms with E-state index in [0.717, 1.165) is 0 Å². The SMILES string of the molecule is CC1(NCc2cccc(F)c2N)CCS(=O)(=O)C1. The van der Waals surface area contributed by atoms with Crippen LogP contribution in [0.1, 0.15) is 18.9 Å². The maximum Gasteiger partial charge on any atom is 0.152 e. The number of para-hydroxylation sites is 1. The van der Waals surface area contributed by atoms with Crippen molar-refractivity contribution >= 4 is 15.5 Å². The number of nitrogens with two attached hydrogens (primary N) is 1. The molecule has 0 spiro atoms. The highest BCUT2D eigenvalue weighted by Crippen LogP contribution is 2.24. The van der Waals surface area contributed by atoms with Gasteiger partial charge in [-0.1, -0.05) is 12.1 Å². The summed E-state index contributed by atoms with van der Waals surface area (Å²) in [5, 5.41) is 3.17. The van der Waals surface area contributed by atoms with Gasteiger partial charge in [-0.2, -0.15) is 0 Å². The van der Waals surface area contributed by atoms with E-state index < -0.39 is 21.2 Å². The zero-order chi connectivity index (χ0) is 13.4. The van der Waals surface area contributed by atoms with Crippen LogP contribution in [0.4, 0.5) is 10.1 Å². The fourth-order valence-corrected chi connectivity index (χ4v) is 4.32. The van der Waals surface area contributed by atoms with Gasteiger partial charge in [0.25, 0.3) is 0 Å². The number of anilines is 1. The summed E-state index contributed by atoms with van der Waals surface area (Å²) < 4.78 is 36.2. The fraction of sp³-hybridized carbons (Fsp3) is 0.500. The van der Waals surface area contributed by atoms with Crippen molar-refractivity contribution in [1.29, 1.82) is 0 Å². The summed E-state index contributed by atoms with van der Waals surface area (Å²) in [6, 6.07) is 4.63. The largest absolute Gasteiger partial charge is 0.396 e. The third kappa shape index (κ3) is 2.81. The molecule has 0 amide bonds. The quantitative estimate of drug-likeness (QED) is 0.808. The number of hydrogen-bond donors (Lipinski definition) is 2. The van der Waals surface area contributed by atoms with Crippen molar-refractivity contribution in [3.8, 4) is 0 Å². The molecule has 1 aliphatic rings. The van der Waals surface area contributed by atoms with Crippen LogP contribution in [-0.2, 0) is 16.4 Å². The number of benzene rings is 1. The molecule has 4 nitrogen and oxygen atoms in total. The second-order valence-corrected chi connectivity index (χ2v) is 7.25. The van der Waals surface area contributed by atoms with Gasteiger partial charge in [-0.15, -0.1) is 0 Å². The van der Waals surface area contributed by atoms with Crippen LogP contribution in [0.2, 0.25) is 0 Å². The zero-order valence-electron chi connectivity index (χ0n) is 10.2. The van der Waals surface area contributed by atoms with Crippen molar-refractivity contribution in [2.75, 3.05) is 17.2 Å². The Morgan fingerprint density at radius 1 is 1.50 bits per heavy atom. The molecule has 6 heteroatoms. The Hall–Kier alpha value is -1.14. The first-order valence-electron chi connectivity index (χ1n) is 5.80. The highest BCUT2D eigenvalue weighted by Gasteiger charge is 2.37. The normalized spacial score (nSPS) is 26.3. The number of halogens is 1. The van der Waals surface area contributed by atoms with Crippen LogP contribution in [-0.4, -0.2) is 25.5 Å². The van der Waals surface area contributed by atoms with Crippen molar-refractivity contribution < 1.29 is 12.8 Å². The van der Waals surface area contributed by atoms with Crippen LogP contribution in [0.25, 0.3) is 0 Å². The van der Waals surface area contributed by atoms with Gasteiger partial charge in [-0.05, 0) is 25.0 Å². The molecule has 1 aromatic carbocycles. The predicted octanol–water partition coefficient (Wildman–Crippen LogP) is 1.07. The lowest BCUT2D eigenvalue weighted by atomic mass is 10.0. The van der Waals surface area contributed by atoms with Crippen molar-refractivity contribution in [3.63, 3.8) is 0 Å². The molecule has 100 valence electrons. The van der Waals surface area contributed by atoms with Gasteiger partial charge < -0.3 is 11.1 Å². The summed E-state index contributed by atoms with van der Waals surface area (Å²) in [6.45, 7) is 2.24. The molecule has 1 aliphatic heterocycles. The van der Waals surface area contributed by atoms with Crippen molar-refractivity contribution in [2.45, 2.75) is 25.4 Å². The molecule has 1 heterocycles. The van der Waals surface area contributed by atoms with Crippen LogP contribution in [0.5, 0.6) is 0 Å². The lowest BCUT2D eigenvalue weighted by Crippen LogP contribution is -2.42. The smallest absolute Gasteiger partial charge is 0.152 e. The molecule has 0 saturated carbocycles. The maximum absolute atomic E-state index is 13.2. The van der Waals surface area contributed by atoms with Gasteiger partial charge in [0.15, 0.2) is 9.84 Å². The second kappa shape index (κ2) is 4.51. The van der Waals surface area contributed by atoms with E-state index in [4.69, 9.17) is 5.73 Å². The maximum atomic E-state index is 13.2. The molecular formula is C12H17FN2O2S. The number of hydrogen-bond acceptors (Lipinski definition) is 4. The first-order valence-corrected chi connectivity index (χ1v) is 7.62. The Morgan fingerprint density at radius 3 is 2.83 bits per heavy atom. The highest BCUT2D eigenvalue weighted by molar-refractivity contribution is 7.91. The molecule has 18 heavy (non-hydrogen) atoms. The third-order valence-corrected chi connectivity index (χ3v) is 5.26. The van der Waals surface area contributed by atoms with E-state index in [1.165, 1.54) is 6.07 Å². The van der Waals surface area contributed by atoms with Gasteiger partial charge in [0.1, 0.15) is 5.82 Å². The van der Waals surface area contributed by atoms with Gasteiger partial charge in [0.2, 0.25) is 0 Å². The summed E-state index contributed by atoms with van der Waals surface area (Å²) in [6.07, 6.45) is 0.574. The summed E-state index contributed by atoms with van der Waals surface area (Å²) >= 11 is 0. The van der Waals surface area contributed by atoms with Crippen LogP contribution in [0.15, 0.2) is 18.2 Å². The predicted molar refractivity (Wildman–Crippen MR) is 69.3 cm³/mol. The molecule has 2 rings (SSSR count). The van der Waals surface area contributed by atoms with E-state index >= 15 is 0 Å². The Labute approximate surface area is 106 Å². The lowest BCUT2D eigenvalue weighted by Gasteiger charge is -2.24. The lowest BCUT2D eigenvalue weighted by molar-refractivity contribution is 0.395. The number of nitrogen functional groups attached to an aromatic ring is 1. The van der Waals surface area contributed by atoms with Crippen LogP contribution >= 0.6 is 0 Å². The molecular weight excluding hydrogens is 255 g/mol. The summed E-state index contributed by atoms with van der Waals surface area (Å²) in [5.74, 6) is -0.122. The number of rotatable bonds is 3. The van der Waals surface area contributed by atoms with E-state index in [0.29, 0.717) is 18.5 Å². The average Bonchev–Trinajstić information content (AvgIpc) is 2.56. The highest BCUT2D eigenvalue weighted by atomic mass is 32.2. The fourth-order valence-electron chi connectivity index (χ4n) is 2.19. The van der Waals surface area contributed by atoms with E-state index in [9.17, 15) is 12.8 Å². The molecule has 3 N–H and O–H groups in total. The van der Waals surface area contributed by atoms with Crippen LogP contribution in [0, 0.1) is 5.82 Å². The topological polar surface area (TPSA) is 72.2 Å². The summed E-state index contributed by atoms with van der Waals surface area (Å²) in [5.41, 5.74) is 5.96. The molecule has 1 aromatic rings. The van der Waals surface area contributed by atoms with Crippen molar-refractivity contribution in [2.24, 2.45) is 0 Å². The zero-order valence-corrected chi connectivity index (χ0v) is 11.1. The molecule has 1 fully saturated rings. The van der Waals surface area contributed by atoms with Crippen LogP contribution < -0.4 is 11.1 Å². The minimum Gasteiger partial charge on any atom is -0.396 e. The molecule has 1 saturated heterocycles. The Morgan fingerprint density at radius 2 is 2.22 bits per heavy atom.